The van der Waals surface area contributed by atoms with Crippen LogP contribution in [0.4, 0.5) is 17.3 Å². The lowest BCUT2D eigenvalue weighted by Gasteiger charge is -2.27. The van der Waals surface area contributed by atoms with Gasteiger partial charge in [-0.2, -0.15) is 0 Å². The number of nitrogens with zero attached hydrogens (tertiary/aromatic N) is 7. The van der Waals surface area contributed by atoms with Crippen molar-refractivity contribution in [2.75, 3.05) is 42.3 Å². The maximum Gasteiger partial charge on any atom is 0.284 e. The molecule has 212 valence electrons. The molecule has 12 nitrogen and oxygen atoms in total. The highest BCUT2D eigenvalue weighted by Gasteiger charge is 2.22. The van der Waals surface area contributed by atoms with Crippen molar-refractivity contribution in [1.29, 1.82) is 0 Å². The van der Waals surface area contributed by atoms with Gasteiger partial charge in [-0.05, 0) is 31.2 Å². The van der Waals surface area contributed by atoms with Crippen LogP contribution in [0, 0.1) is 6.92 Å². The Morgan fingerprint density at radius 1 is 0.952 bits per heavy atom. The van der Waals surface area contributed by atoms with E-state index in [2.05, 4.69) is 20.2 Å². The van der Waals surface area contributed by atoms with Gasteiger partial charge in [0.1, 0.15) is 34.3 Å². The molecule has 4 heterocycles. The molecule has 1 aliphatic rings. The maximum absolute atomic E-state index is 13.2. The molecule has 0 radical (unpaired) electrons. The van der Waals surface area contributed by atoms with Crippen molar-refractivity contribution in [1.82, 2.24) is 29.3 Å². The normalized spacial score (nSPS) is 13.2. The summed E-state index contributed by atoms with van der Waals surface area (Å²) in [5.74, 6) is 0.519. The minimum Gasteiger partial charge on any atom is -0.382 e. The fourth-order valence-electron chi connectivity index (χ4n) is 4.89. The van der Waals surface area contributed by atoms with Gasteiger partial charge in [0.2, 0.25) is 0 Å². The molecule has 1 aliphatic heterocycles. The summed E-state index contributed by atoms with van der Waals surface area (Å²) in [7, 11) is 1.75. The predicted molar refractivity (Wildman–Crippen MR) is 160 cm³/mol. The lowest BCUT2D eigenvalue weighted by molar-refractivity contribution is 0.102. The third kappa shape index (κ3) is 5.10. The number of amides is 1. The molecule has 0 saturated carbocycles. The first-order valence-corrected chi connectivity index (χ1v) is 13.4. The zero-order chi connectivity index (χ0) is 29.2. The Balaban J connectivity index is 1.23. The summed E-state index contributed by atoms with van der Waals surface area (Å²) in [6.07, 6.45) is 4.94. The number of hydrogen-bond acceptors (Lipinski definition) is 9. The Labute approximate surface area is 241 Å². The number of rotatable bonds is 6. The molecule has 1 amide bonds. The van der Waals surface area contributed by atoms with Crippen LogP contribution in [0.1, 0.15) is 16.1 Å². The first-order chi connectivity index (χ1) is 20.4. The second-order valence-corrected chi connectivity index (χ2v) is 9.82. The van der Waals surface area contributed by atoms with Crippen LogP contribution in [0.15, 0.2) is 78.0 Å². The number of hydrogen-bond donors (Lipinski definition) is 2. The van der Waals surface area contributed by atoms with Crippen molar-refractivity contribution in [3.63, 3.8) is 0 Å². The van der Waals surface area contributed by atoms with E-state index in [1.807, 2.05) is 30.3 Å². The fraction of sp³-hybridized carbons (Fsp3) is 0.200. The van der Waals surface area contributed by atoms with Crippen LogP contribution in [-0.4, -0.2) is 61.5 Å². The number of nitrogen functional groups attached to an aromatic ring is 1. The molecule has 5 aromatic rings. The summed E-state index contributed by atoms with van der Waals surface area (Å²) in [6, 6.07) is 16.2. The van der Waals surface area contributed by atoms with Gasteiger partial charge in [0.15, 0.2) is 0 Å². The van der Waals surface area contributed by atoms with Gasteiger partial charge in [-0.3, -0.25) is 19.3 Å². The maximum atomic E-state index is 13.2. The van der Waals surface area contributed by atoms with Gasteiger partial charge >= 0.3 is 0 Å². The molecular formula is C30H29N9O3. The Kier molecular flexibility index (Phi) is 7.19. The number of benzene rings is 2. The fourth-order valence-corrected chi connectivity index (χ4v) is 4.89. The van der Waals surface area contributed by atoms with E-state index in [1.54, 1.807) is 61.5 Å². The summed E-state index contributed by atoms with van der Waals surface area (Å²) in [4.78, 5) is 46.7. The molecular weight excluding hydrogens is 534 g/mol. The highest BCUT2D eigenvalue weighted by Crippen LogP contribution is 2.27. The summed E-state index contributed by atoms with van der Waals surface area (Å²) < 4.78 is 8.58. The second kappa shape index (κ2) is 11.3. The molecule has 1 fully saturated rings. The van der Waals surface area contributed by atoms with E-state index < -0.39 is 11.5 Å². The molecule has 0 atom stereocenters. The number of carbonyl (C=O) groups excluding carboxylic acids is 1. The van der Waals surface area contributed by atoms with E-state index in [0.29, 0.717) is 52.9 Å². The first kappa shape index (κ1) is 26.8. The zero-order valence-electron chi connectivity index (χ0n) is 23.2. The van der Waals surface area contributed by atoms with Crippen LogP contribution in [0.25, 0.3) is 28.3 Å². The summed E-state index contributed by atoms with van der Waals surface area (Å²) in [5.41, 5.74) is 9.94. The van der Waals surface area contributed by atoms with Crippen LogP contribution in [-0.2, 0) is 11.8 Å². The summed E-state index contributed by atoms with van der Waals surface area (Å²) in [5, 5.41) is 2.84. The molecule has 2 aromatic carbocycles. The highest BCUT2D eigenvalue weighted by molar-refractivity contribution is 6.05. The van der Waals surface area contributed by atoms with E-state index >= 15 is 0 Å². The van der Waals surface area contributed by atoms with Crippen LogP contribution in [0.3, 0.4) is 0 Å². The summed E-state index contributed by atoms with van der Waals surface area (Å²) in [6.45, 7) is 4.52. The van der Waals surface area contributed by atoms with Crippen molar-refractivity contribution in [3.8, 4) is 28.3 Å². The molecule has 6 rings (SSSR count). The predicted octanol–water partition coefficient (Wildman–Crippen LogP) is 3.07. The van der Waals surface area contributed by atoms with Crippen molar-refractivity contribution < 1.29 is 9.53 Å². The number of para-hydroxylation sites is 1. The van der Waals surface area contributed by atoms with Crippen molar-refractivity contribution in [3.05, 3.63) is 94.8 Å². The van der Waals surface area contributed by atoms with E-state index in [4.69, 9.17) is 20.4 Å². The monoisotopic (exact) mass is 563 g/mol. The van der Waals surface area contributed by atoms with E-state index in [0.717, 1.165) is 18.9 Å². The number of carbonyl (C=O) groups is 1. The van der Waals surface area contributed by atoms with E-state index in [-0.39, 0.29) is 11.4 Å². The highest BCUT2D eigenvalue weighted by atomic mass is 16.5. The standard InChI is InChI=1S/C30H29N9O3/c1-19-26(30(41)39(37(19)2)22-6-4-3-5-7-22)29(40)34-21-10-8-20(9-11-21)27-28(31)33-17-24(36-27)23-16-32-18-25(35-23)38-12-14-42-15-13-38/h3-11,16-18H,12-15H2,1-2H3,(H2,31,33)(H,34,40). The molecule has 3 N–H and O–H groups in total. The van der Waals surface area contributed by atoms with E-state index in [9.17, 15) is 9.59 Å². The lowest BCUT2D eigenvalue weighted by Crippen LogP contribution is -2.36. The van der Waals surface area contributed by atoms with Crippen LogP contribution < -0.4 is 21.5 Å². The van der Waals surface area contributed by atoms with Crippen LogP contribution in [0.2, 0.25) is 0 Å². The molecule has 3 aromatic heterocycles. The minimum absolute atomic E-state index is 0.0775. The van der Waals surface area contributed by atoms with Gasteiger partial charge in [0.05, 0.1) is 43.2 Å². The number of ether oxygens (including phenoxy) is 1. The topological polar surface area (TPSA) is 146 Å². The second-order valence-electron chi connectivity index (χ2n) is 9.82. The van der Waals surface area contributed by atoms with Gasteiger partial charge in [-0.15, -0.1) is 0 Å². The third-order valence-electron chi connectivity index (χ3n) is 7.22. The van der Waals surface area contributed by atoms with Gasteiger partial charge in [-0.25, -0.2) is 19.6 Å². The quantitative estimate of drug-likeness (QED) is 0.318. The summed E-state index contributed by atoms with van der Waals surface area (Å²) >= 11 is 0. The van der Waals surface area contributed by atoms with Gasteiger partial charge in [-0.1, -0.05) is 30.3 Å². The SMILES string of the molecule is Cc1c(C(=O)Nc2ccc(-c3nc(-c4cncc(N5CCOCC5)n4)cnc3N)cc2)c(=O)n(-c2ccccc2)n1C. The smallest absolute Gasteiger partial charge is 0.284 e. The molecule has 42 heavy (non-hydrogen) atoms. The van der Waals surface area contributed by atoms with E-state index in [1.165, 1.54) is 4.68 Å². The Morgan fingerprint density at radius 2 is 1.67 bits per heavy atom. The Bertz CT molecular complexity index is 1810. The Morgan fingerprint density at radius 3 is 2.40 bits per heavy atom. The van der Waals surface area contributed by atoms with Crippen molar-refractivity contribution >= 4 is 23.2 Å². The first-order valence-electron chi connectivity index (χ1n) is 13.4. The molecule has 0 spiro atoms. The zero-order valence-corrected chi connectivity index (χ0v) is 23.2. The average molecular weight is 564 g/mol. The molecule has 0 aliphatic carbocycles. The van der Waals surface area contributed by atoms with Crippen molar-refractivity contribution in [2.24, 2.45) is 7.05 Å². The van der Waals surface area contributed by atoms with Gasteiger partial charge < -0.3 is 20.7 Å². The number of nitrogens with two attached hydrogens (primary N) is 1. The lowest BCUT2D eigenvalue weighted by atomic mass is 10.1. The van der Waals surface area contributed by atoms with Crippen LogP contribution in [0.5, 0.6) is 0 Å². The van der Waals surface area contributed by atoms with Gasteiger partial charge in [0.25, 0.3) is 11.5 Å². The van der Waals surface area contributed by atoms with Crippen LogP contribution >= 0.6 is 0 Å². The number of nitrogens with one attached hydrogen (secondary N) is 1. The van der Waals surface area contributed by atoms with Crippen molar-refractivity contribution in [2.45, 2.75) is 6.92 Å². The van der Waals surface area contributed by atoms with Gasteiger partial charge in [0, 0.05) is 31.4 Å². The molecule has 1 saturated heterocycles. The number of morpholine rings is 1. The third-order valence-corrected chi connectivity index (χ3v) is 7.22. The number of anilines is 3. The molecule has 0 bridgehead atoms. The molecule has 12 heteroatoms. The molecule has 0 unspecified atom stereocenters. The number of aromatic nitrogens is 6. The largest absolute Gasteiger partial charge is 0.382 e. The Hall–Kier alpha value is -5.36. The minimum atomic E-state index is -0.490. The average Bonchev–Trinajstić information content (AvgIpc) is 3.25.